The lowest BCUT2D eigenvalue weighted by molar-refractivity contribution is 0.426. The number of hydrogen-bond donors (Lipinski definition) is 0. The van der Waals surface area contributed by atoms with E-state index in [9.17, 15) is 0 Å². The van der Waals surface area contributed by atoms with Gasteiger partial charge in [-0.2, -0.15) is 0 Å². The van der Waals surface area contributed by atoms with Crippen LogP contribution >= 0.6 is 0 Å². The van der Waals surface area contributed by atoms with Crippen LogP contribution in [0.1, 0.15) is 75.3 Å². The van der Waals surface area contributed by atoms with Gasteiger partial charge in [-0.3, -0.25) is 0 Å². The molecule has 3 rings (SSSR count). The molecular weight excluding hydrogens is 276 g/mol. The molecule has 0 spiro atoms. The molecule has 1 aromatic rings. The van der Waals surface area contributed by atoms with E-state index >= 15 is 0 Å². The normalized spacial score (nSPS) is 19.6. The fourth-order valence-corrected chi connectivity index (χ4v) is 4.02. The number of unbranched alkanes of at least 4 members (excludes halogenated alkanes) is 5. The number of benzene rings is 1. The van der Waals surface area contributed by atoms with Gasteiger partial charge in [0.15, 0.2) is 0 Å². The van der Waals surface area contributed by atoms with E-state index in [2.05, 4.69) is 43.3 Å². The SMILES string of the molecule is Cc1cccc(CCCCCCCCC2=CC=C3CCC3C2)c1. The Bertz CT molecular complexity index is 561. The molecule has 0 heteroatoms. The summed E-state index contributed by atoms with van der Waals surface area (Å²) in [6.45, 7) is 2.19. The minimum atomic E-state index is 0.941. The third-order valence-electron chi connectivity index (χ3n) is 5.64. The topological polar surface area (TPSA) is 0 Å². The Morgan fingerprint density at radius 1 is 0.913 bits per heavy atom. The van der Waals surface area contributed by atoms with Crippen LogP contribution in [0, 0.1) is 12.8 Å². The monoisotopic (exact) mass is 308 g/mol. The van der Waals surface area contributed by atoms with Crippen LogP contribution in [0.25, 0.3) is 0 Å². The molecule has 0 radical (unpaired) electrons. The van der Waals surface area contributed by atoms with E-state index in [0.717, 1.165) is 5.92 Å². The van der Waals surface area contributed by atoms with Crippen molar-refractivity contribution in [1.29, 1.82) is 0 Å². The van der Waals surface area contributed by atoms with E-state index in [4.69, 9.17) is 0 Å². The van der Waals surface area contributed by atoms with Gasteiger partial charge < -0.3 is 0 Å². The molecule has 0 nitrogen and oxygen atoms in total. The van der Waals surface area contributed by atoms with Gasteiger partial charge in [0.05, 0.1) is 0 Å². The molecule has 0 heterocycles. The zero-order valence-corrected chi connectivity index (χ0v) is 14.8. The second-order valence-electron chi connectivity index (χ2n) is 7.62. The van der Waals surface area contributed by atoms with Crippen molar-refractivity contribution < 1.29 is 0 Å². The highest BCUT2D eigenvalue weighted by molar-refractivity contribution is 5.30. The summed E-state index contributed by atoms with van der Waals surface area (Å²) in [5, 5.41) is 0. The van der Waals surface area contributed by atoms with Crippen LogP contribution in [-0.2, 0) is 6.42 Å². The van der Waals surface area contributed by atoms with Crippen molar-refractivity contribution in [3.8, 4) is 0 Å². The van der Waals surface area contributed by atoms with E-state index in [1.165, 1.54) is 81.8 Å². The molecule has 1 unspecified atom stereocenters. The molecule has 2 aliphatic carbocycles. The summed E-state index contributed by atoms with van der Waals surface area (Å²) in [6.07, 6.45) is 20.0. The highest BCUT2D eigenvalue weighted by atomic mass is 14.3. The number of fused-ring (bicyclic) bond motifs is 1. The molecule has 0 saturated heterocycles. The average molecular weight is 309 g/mol. The lowest BCUT2D eigenvalue weighted by Crippen LogP contribution is -2.18. The summed E-state index contributed by atoms with van der Waals surface area (Å²) >= 11 is 0. The Morgan fingerprint density at radius 2 is 1.70 bits per heavy atom. The second-order valence-corrected chi connectivity index (χ2v) is 7.62. The quantitative estimate of drug-likeness (QED) is 0.434. The number of rotatable bonds is 9. The summed E-state index contributed by atoms with van der Waals surface area (Å²) in [6, 6.07) is 8.98. The van der Waals surface area contributed by atoms with E-state index in [1.54, 1.807) is 11.1 Å². The Kier molecular flexibility index (Phi) is 6.13. The van der Waals surface area contributed by atoms with Crippen molar-refractivity contribution in [2.24, 2.45) is 5.92 Å². The first-order valence-electron chi connectivity index (χ1n) is 9.75. The van der Waals surface area contributed by atoms with E-state index in [0.29, 0.717) is 0 Å². The van der Waals surface area contributed by atoms with Crippen LogP contribution in [0.5, 0.6) is 0 Å². The van der Waals surface area contributed by atoms with Crippen molar-refractivity contribution in [2.75, 3.05) is 0 Å². The molecule has 0 aliphatic heterocycles. The largest absolute Gasteiger partial charge is 0.0696 e. The lowest BCUT2D eigenvalue weighted by atomic mass is 9.72. The summed E-state index contributed by atoms with van der Waals surface area (Å²) in [4.78, 5) is 0. The Hall–Kier alpha value is -1.30. The minimum Gasteiger partial charge on any atom is -0.0696 e. The molecule has 1 saturated carbocycles. The Morgan fingerprint density at radius 3 is 2.39 bits per heavy atom. The van der Waals surface area contributed by atoms with Crippen LogP contribution in [0.3, 0.4) is 0 Å². The molecule has 1 fully saturated rings. The van der Waals surface area contributed by atoms with E-state index < -0.39 is 0 Å². The molecule has 1 atom stereocenters. The Balaban J connectivity index is 1.20. The lowest BCUT2D eigenvalue weighted by Gasteiger charge is -2.33. The summed E-state index contributed by atoms with van der Waals surface area (Å²) in [5.74, 6) is 0.941. The second kappa shape index (κ2) is 8.52. The fourth-order valence-electron chi connectivity index (χ4n) is 4.02. The van der Waals surface area contributed by atoms with Crippen LogP contribution in [0.4, 0.5) is 0 Å². The van der Waals surface area contributed by atoms with Gasteiger partial charge in [0.25, 0.3) is 0 Å². The van der Waals surface area contributed by atoms with Crippen LogP contribution in [-0.4, -0.2) is 0 Å². The standard InChI is InChI=1S/C23H32/c1-19-9-8-12-20(17-19)10-6-4-2-3-5-7-11-21-13-14-22-15-16-23(22)18-21/h8-9,12-14,17,23H,2-7,10-11,15-16,18H2,1H3. The van der Waals surface area contributed by atoms with Gasteiger partial charge in [-0.1, -0.05) is 78.8 Å². The average Bonchev–Trinajstić information content (AvgIpc) is 2.52. The van der Waals surface area contributed by atoms with Gasteiger partial charge in [0, 0.05) is 0 Å². The maximum absolute atomic E-state index is 2.42. The van der Waals surface area contributed by atoms with Crippen molar-refractivity contribution in [2.45, 2.75) is 77.6 Å². The molecule has 124 valence electrons. The van der Waals surface area contributed by atoms with Gasteiger partial charge in [-0.15, -0.1) is 0 Å². The molecule has 2 aliphatic rings. The minimum absolute atomic E-state index is 0.941. The molecule has 0 amide bonds. The number of aryl methyl sites for hydroxylation is 2. The summed E-state index contributed by atoms with van der Waals surface area (Å²) in [7, 11) is 0. The summed E-state index contributed by atoms with van der Waals surface area (Å²) < 4.78 is 0. The van der Waals surface area contributed by atoms with Crippen LogP contribution < -0.4 is 0 Å². The van der Waals surface area contributed by atoms with Gasteiger partial charge in [0.1, 0.15) is 0 Å². The fraction of sp³-hybridized carbons (Fsp3) is 0.565. The maximum atomic E-state index is 2.42. The van der Waals surface area contributed by atoms with Gasteiger partial charge >= 0.3 is 0 Å². The maximum Gasteiger partial charge on any atom is -0.0160 e. The van der Waals surface area contributed by atoms with Crippen molar-refractivity contribution in [3.05, 3.63) is 58.7 Å². The predicted molar refractivity (Wildman–Crippen MR) is 101 cm³/mol. The third-order valence-corrected chi connectivity index (χ3v) is 5.64. The molecule has 0 N–H and O–H groups in total. The zero-order valence-electron chi connectivity index (χ0n) is 14.8. The van der Waals surface area contributed by atoms with Gasteiger partial charge in [0.2, 0.25) is 0 Å². The smallest absolute Gasteiger partial charge is 0.0160 e. The van der Waals surface area contributed by atoms with Crippen molar-refractivity contribution in [3.63, 3.8) is 0 Å². The molecule has 0 bridgehead atoms. The van der Waals surface area contributed by atoms with Gasteiger partial charge in [-0.05, 0) is 63.4 Å². The first-order valence-corrected chi connectivity index (χ1v) is 9.75. The zero-order chi connectivity index (χ0) is 15.9. The molecule has 0 aromatic heterocycles. The Labute approximate surface area is 142 Å². The van der Waals surface area contributed by atoms with Crippen LogP contribution in [0.15, 0.2) is 47.6 Å². The van der Waals surface area contributed by atoms with Gasteiger partial charge in [-0.25, -0.2) is 0 Å². The van der Waals surface area contributed by atoms with Crippen molar-refractivity contribution in [1.82, 2.24) is 0 Å². The highest BCUT2D eigenvalue weighted by Gasteiger charge is 2.26. The molecule has 23 heavy (non-hydrogen) atoms. The number of allylic oxidation sites excluding steroid dienone is 4. The molecule has 1 aromatic carbocycles. The first-order chi connectivity index (χ1) is 11.3. The molecular formula is C23H32. The number of hydrogen-bond acceptors (Lipinski definition) is 0. The van der Waals surface area contributed by atoms with Crippen molar-refractivity contribution >= 4 is 0 Å². The summed E-state index contributed by atoms with van der Waals surface area (Å²) in [5.41, 5.74) is 6.35. The van der Waals surface area contributed by atoms with E-state index in [-0.39, 0.29) is 0 Å². The predicted octanol–water partition coefficient (Wildman–Crippen LogP) is 6.93. The highest BCUT2D eigenvalue weighted by Crippen LogP contribution is 2.41. The van der Waals surface area contributed by atoms with Crippen LogP contribution in [0.2, 0.25) is 0 Å². The first kappa shape index (κ1) is 16.6. The van der Waals surface area contributed by atoms with E-state index in [1.807, 2.05) is 0 Å². The third kappa shape index (κ3) is 5.09.